The number of hydrogen-bond donors (Lipinski definition) is 1. The molecule has 0 saturated heterocycles. The summed E-state index contributed by atoms with van der Waals surface area (Å²) in [7, 11) is 1.81. The molecule has 1 heterocycles. The molecule has 2 bridgehead atoms. The Balaban J connectivity index is 1.69. The molecule has 4 atom stereocenters. The van der Waals surface area contributed by atoms with E-state index in [4.69, 9.17) is 0 Å². The molecule has 4 nitrogen and oxygen atoms in total. The van der Waals surface area contributed by atoms with E-state index >= 15 is 0 Å². The van der Waals surface area contributed by atoms with Gasteiger partial charge in [0.05, 0.1) is 10.2 Å². The van der Waals surface area contributed by atoms with Gasteiger partial charge in [0.2, 0.25) is 0 Å². The normalized spacial score (nSPS) is 29.7. The molecule has 1 N–H and O–H groups in total. The highest BCUT2D eigenvalue weighted by atomic mass is 79.9. The van der Waals surface area contributed by atoms with Crippen molar-refractivity contribution in [1.82, 2.24) is 15.1 Å². The predicted octanol–water partition coefficient (Wildman–Crippen LogP) is 3.05. The van der Waals surface area contributed by atoms with Gasteiger partial charge in [0, 0.05) is 13.1 Å². The Labute approximate surface area is 128 Å². The zero-order chi connectivity index (χ0) is 14.4. The average Bonchev–Trinajstić information content (AvgIpc) is 3.05. The van der Waals surface area contributed by atoms with Gasteiger partial charge in [-0.15, -0.1) is 0 Å². The molecule has 2 aliphatic rings. The number of amides is 1. The summed E-state index contributed by atoms with van der Waals surface area (Å²) in [6, 6.07) is 0.250. The van der Waals surface area contributed by atoms with Crippen molar-refractivity contribution in [1.29, 1.82) is 0 Å². The topological polar surface area (TPSA) is 46.9 Å². The number of nitrogens with zero attached hydrogens (tertiary/aromatic N) is 2. The maximum atomic E-state index is 12.5. The third-order valence-corrected chi connectivity index (χ3v) is 6.11. The first-order chi connectivity index (χ1) is 9.47. The van der Waals surface area contributed by atoms with Crippen LogP contribution in [0.1, 0.15) is 48.8 Å². The summed E-state index contributed by atoms with van der Waals surface area (Å²) in [5, 5.41) is 7.47. The lowest BCUT2D eigenvalue weighted by atomic mass is 9.84. The van der Waals surface area contributed by atoms with Crippen LogP contribution in [0.25, 0.3) is 0 Å². The Kier molecular flexibility index (Phi) is 3.65. The van der Waals surface area contributed by atoms with Crippen molar-refractivity contribution >= 4 is 21.8 Å². The maximum absolute atomic E-state index is 12.5. The molecule has 1 aromatic rings. The lowest BCUT2D eigenvalue weighted by molar-refractivity contribution is 0.0905. The fraction of sp³-hybridized carbons (Fsp3) is 0.733. The average molecular weight is 340 g/mol. The van der Waals surface area contributed by atoms with E-state index in [9.17, 15) is 4.79 Å². The number of hydrogen-bond acceptors (Lipinski definition) is 2. The second kappa shape index (κ2) is 5.17. The van der Waals surface area contributed by atoms with Crippen molar-refractivity contribution in [3.05, 3.63) is 15.9 Å². The van der Waals surface area contributed by atoms with Crippen molar-refractivity contribution < 1.29 is 4.79 Å². The Bertz CT molecular complexity index is 539. The van der Waals surface area contributed by atoms with Crippen molar-refractivity contribution in [3.63, 3.8) is 0 Å². The van der Waals surface area contributed by atoms with Crippen LogP contribution in [0.5, 0.6) is 0 Å². The molecule has 2 saturated carbocycles. The summed E-state index contributed by atoms with van der Waals surface area (Å²) in [5.74, 6) is 2.38. The molecular formula is C15H22BrN3O. The molecule has 1 amide bonds. The minimum atomic E-state index is -0.0183. The summed E-state index contributed by atoms with van der Waals surface area (Å²) in [6.45, 7) is 4.06. The van der Waals surface area contributed by atoms with Gasteiger partial charge in [-0.1, -0.05) is 6.42 Å². The monoisotopic (exact) mass is 339 g/mol. The second-order valence-corrected chi connectivity index (χ2v) is 7.27. The highest BCUT2D eigenvalue weighted by Gasteiger charge is 2.42. The molecule has 110 valence electrons. The number of aromatic nitrogens is 2. The van der Waals surface area contributed by atoms with Gasteiger partial charge in [0.1, 0.15) is 5.69 Å². The zero-order valence-electron chi connectivity index (χ0n) is 12.3. The molecule has 2 aliphatic carbocycles. The van der Waals surface area contributed by atoms with Crippen LogP contribution < -0.4 is 5.32 Å². The van der Waals surface area contributed by atoms with Crippen LogP contribution in [-0.4, -0.2) is 21.7 Å². The fourth-order valence-electron chi connectivity index (χ4n) is 4.17. The largest absolute Gasteiger partial charge is 0.348 e. The quantitative estimate of drug-likeness (QED) is 0.919. The molecule has 0 spiro atoms. The molecule has 1 aromatic heterocycles. The number of rotatable bonds is 3. The molecule has 0 radical (unpaired) electrons. The lowest BCUT2D eigenvalue weighted by Crippen LogP contribution is -2.40. The van der Waals surface area contributed by atoms with Crippen molar-refractivity contribution in [2.24, 2.45) is 24.8 Å². The van der Waals surface area contributed by atoms with E-state index in [0.717, 1.165) is 22.0 Å². The third kappa shape index (κ3) is 2.30. The minimum absolute atomic E-state index is 0.0183. The van der Waals surface area contributed by atoms with Crippen LogP contribution in [0, 0.1) is 24.7 Å². The first-order valence-electron chi connectivity index (χ1n) is 7.47. The van der Waals surface area contributed by atoms with Gasteiger partial charge in [0.25, 0.3) is 5.91 Å². The van der Waals surface area contributed by atoms with E-state index in [1.54, 1.807) is 4.68 Å². The number of fused-ring (bicyclic) bond motifs is 2. The standard InChI is InChI=1S/C15H22BrN3O/c1-8(12-7-10-4-5-11(12)6-10)17-15(20)14-13(16)9(2)18-19(14)3/h8,10-12H,4-7H2,1-3H3,(H,17,20)/t8-,10+,11+,12-/m1/s1. The van der Waals surface area contributed by atoms with Gasteiger partial charge in [0.15, 0.2) is 0 Å². The van der Waals surface area contributed by atoms with Gasteiger partial charge >= 0.3 is 0 Å². The summed E-state index contributed by atoms with van der Waals surface area (Å²) in [6.07, 6.45) is 5.41. The van der Waals surface area contributed by atoms with Crippen LogP contribution in [0.4, 0.5) is 0 Å². The van der Waals surface area contributed by atoms with E-state index in [2.05, 4.69) is 33.3 Å². The summed E-state index contributed by atoms with van der Waals surface area (Å²) in [5.41, 5.74) is 1.47. The molecule has 0 aliphatic heterocycles. The van der Waals surface area contributed by atoms with Crippen molar-refractivity contribution in [2.45, 2.75) is 45.6 Å². The summed E-state index contributed by atoms with van der Waals surface area (Å²) in [4.78, 5) is 12.5. The maximum Gasteiger partial charge on any atom is 0.270 e. The Morgan fingerprint density at radius 3 is 2.70 bits per heavy atom. The SMILES string of the molecule is Cc1nn(C)c(C(=O)N[C@H](C)[C@H]2C[C@H]3CC[C@H]2C3)c1Br. The molecule has 2 fully saturated rings. The number of carbonyl (C=O) groups is 1. The first kappa shape index (κ1) is 14.1. The van der Waals surface area contributed by atoms with Gasteiger partial charge in [-0.2, -0.15) is 5.10 Å². The fourth-order valence-corrected chi connectivity index (χ4v) is 4.68. The Hall–Kier alpha value is -0.840. The molecular weight excluding hydrogens is 318 g/mol. The third-order valence-electron chi connectivity index (χ3n) is 5.16. The van der Waals surface area contributed by atoms with E-state index in [1.165, 1.54) is 25.7 Å². The van der Waals surface area contributed by atoms with Gasteiger partial charge in [-0.25, -0.2) is 0 Å². The van der Waals surface area contributed by atoms with Crippen molar-refractivity contribution in [2.75, 3.05) is 0 Å². The molecule has 20 heavy (non-hydrogen) atoms. The summed E-state index contributed by atoms with van der Waals surface area (Å²) >= 11 is 3.46. The highest BCUT2D eigenvalue weighted by Crippen LogP contribution is 2.49. The zero-order valence-corrected chi connectivity index (χ0v) is 13.9. The van der Waals surface area contributed by atoms with Crippen molar-refractivity contribution in [3.8, 4) is 0 Å². The minimum Gasteiger partial charge on any atom is -0.348 e. The van der Waals surface area contributed by atoms with E-state index in [0.29, 0.717) is 11.6 Å². The van der Waals surface area contributed by atoms with Gasteiger partial charge in [-0.3, -0.25) is 9.48 Å². The number of nitrogens with one attached hydrogen (secondary N) is 1. The van der Waals surface area contributed by atoms with E-state index in [1.807, 2.05) is 14.0 Å². The Morgan fingerprint density at radius 1 is 1.45 bits per heavy atom. The van der Waals surface area contributed by atoms with Gasteiger partial charge in [-0.05, 0) is 66.8 Å². The molecule has 0 aromatic carbocycles. The van der Waals surface area contributed by atoms with E-state index in [-0.39, 0.29) is 11.9 Å². The highest BCUT2D eigenvalue weighted by molar-refractivity contribution is 9.10. The first-order valence-corrected chi connectivity index (χ1v) is 8.26. The Morgan fingerprint density at radius 2 is 2.20 bits per heavy atom. The molecule has 0 unspecified atom stereocenters. The molecule has 3 rings (SSSR count). The summed E-state index contributed by atoms with van der Waals surface area (Å²) < 4.78 is 2.46. The van der Waals surface area contributed by atoms with Crippen LogP contribution in [0.2, 0.25) is 0 Å². The number of halogens is 1. The molecule has 5 heteroatoms. The van der Waals surface area contributed by atoms with E-state index < -0.39 is 0 Å². The predicted molar refractivity (Wildman–Crippen MR) is 81.5 cm³/mol. The van der Waals surface area contributed by atoms with Crippen LogP contribution >= 0.6 is 15.9 Å². The van der Waals surface area contributed by atoms with Crippen LogP contribution in [0.3, 0.4) is 0 Å². The van der Waals surface area contributed by atoms with Crippen LogP contribution in [0.15, 0.2) is 4.47 Å². The second-order valence-electron chi connectivity index (χ2n) is 6.47. The lowest BCUT2D eigenvalue weighted by Gasteiger charge is -2.28. The smallest absolute Gasteiger partial charge is 0.270 e. The van der Waals surface area contributed by atoms with Crippen LogP contribution in [-0.2, 0) is 7.05 Å². The number of carbonyl (C=O) groups excluding carboxylic acids is 1. The number of aryl methyl sites for hydroxylation is 2. The van der Waals surface area contributed by atoms with Gasteiger partial charge < -0.3 is 5.32 Å².